The van der Waals surface area contributed by atoms with Gasteiger partial charge < -0.3 is 13.4 Å². The molecule has 0 atom stereocenters. The fourth-order valence-corrected chi connectivity index (χ4v) is 8.62. The predicted octanol–water partition coefficient (Wildman–Crippen LogP) is -4.97. The molecular formula is C42H11B14NO2. The van der Waals surface area contributed by atoms with E-state index in [0.29, 0.717) is 27.5 Å². The van der Waals surface area contributed by atoms with Crippen molar-refractivity contribution in [3.63, 3.8) is 0 Å². The van der Waals surface area contributed by atoms with E-state index in [0.717, 1.165) is 33.1 Å². The van der Waals surface area contributed by atoms with Crippen LogP contribution in [0.15, 0.2) is 75.6 Å². The number of nitrogens with zero attached hydrogens (tertiary/aromatic N) is 1. The maximum absolute atomic E-state index is 7.23. The zero-order chi connectivity index (χ0) is 41.7. The van der Waals surface area contributed by atoms with Crippen molar-refractivity contribution in [1.29, 1.82) is 0 Å². The highest BCUT2D eigenvalue weighted by atomic mass is 16.3. The summed E-state index contributed by atoms with van der Waals surface area (Å²) >= 11 is 0. The van der Waals surface area contributed by atoms with Gasteiger partial charge in [0.2, 0.25) is 0 Å². The first-order valence-electron chi connectivity index (χ1n) is 18.2. The lowest BCUT2D eigenvalue weighted by Gasteiger charge is -2.24. The van der Waals surface area contributed by atoms with Crippen molar-refractivity contribution in [2.75, 3.05) is 0 Å². The van der Waals surface area contributed by atoms with Gasteiger partial charge in [-0.05, 0) is 58.0 Å². The van der Waals surface area contributed by atoms with Gasteiger partial charge in [0.05, 0.1) is 0 Å². The van der Waals surface area contributed by atoms with Gasteiger partial charge in [-0.15, -0.1) is 21.9 Å². The van der Waals surface area contributed by atoms with E-state index in [2.05, 4.69) is 6.07 Å². The zero-order valence-electron chi connectivity index (χ0n) is 31.2. The van der Waals surface area contributed by atoms with Gasteiger partial charge in [0.15, 0.2) is 0 Å². The Hall–Kier alpha value is -5.15. The largest absolute Gasteiger partial charge is 0.457 e. The summed E-state index contributed by atoms with van der Waals surface area (Å²) in [4.78, 5) is 0. The fourth-order valence-electron chi connectivity index (χ4n) is 8.62. The van der Waals surface area contributed by atoms with Gasteiger partial charge in [-0.2, -0.15) is 0 Å². The predicted molar refractivity (Wildman–Crippen MR) is 262 cm³/mol. The summed E-state index contributed by atoms with van der Waals surface area (Å²) < 4.78 is 14.0. The van der Waals surface area contributed by atoms with E-state index in [1.807, 2.05) is 65.2 Å². The van der Waals surface area contributed by atoms with Crippen molar-refractivity contribution in [3.8, 4) is 27.9 Å². The summed E-state index contributed by atoms with van der Waals surface area (Å²) in [6, 6.07) is 21.7. The first kappa shape index (κ1) is 38.1. The first-order chi connectivity index (χ1) is 28.1. The monoisotopic (exact) mass is 715 g/mol. The van der Waals surface area contributed by atoms with Gasteiger partial charge in [0.1, 0.15) is 132 Å². The van der Waals surface area contributed by atoms with E-state index >= 15 is 0 Å². The van der Waals surface area contributed by atoms with Crippen LogP contribution in [0, 0.1) is 0 Å². The van der Waals surface area contributed by atoms with Crippen LogP contribution in [0.1, 0.15) is 0 Å². The second-order valence-electron chi connectivity index (χ2n) is 14.7. The molecule has 0 bridgehead atoms. The molecule has 0 N–H and O–H groups in total. The smallest absolute Gasteiger partial charge is 0.135 e. The molecule has 0 aliphatic carbocycles. The summed E-state index contributed by atoms with van der Waals surface area (Å²) in [5, 5.41) is 3.22. The Morgan fingerprint density at radius 3 is 1.53 bits per heavy atom. The number of furan rings is 2. The molecule has 0 saturated heterocycles. The molecule has 7 aromatic carbocycles. The highest BCUT2D eigenvalue weighted by molar-refractivity contribution is 6.72. The molecule has 10 rings (SSSR count). The molecule has 59 heavy (non-hydrogen) atoms. The van der Waals surface area contributed by atoms with E-state index in [9.17, 15) is 0 Å². The molecule has 0 aliphatic rings. The minimum Gasteiger partial charge on any atom is -0.457 e. The number of rotatable bonds is 3. The number of aromatic nitrogens is 1. The Balaban J connectivity index is 1.30. The summed E-state index contributed by atoms with van der Waals surface area (Å²) in [6.45, 7) is 0. The lowest BCUT2D eigenvalue weighted by Crippen LogP contribution is -2.48. The average molecular weight is 713 g/mol. The summed E-state index contributed by atoms with van der Waals surface area (Å²) in [7, 11) is 93.7. The Kier molecular flexibility index (Phi) is 8.50. The molecule has 238 valence electrons. The molecule has 17 heteroatoms. The normalized spacial score (nSPS) is 12.0. The number of benzene rings is 7. The van der Waals surface area contributed by atoms with Crippen LogP contribution in [0.3, 0.4) is 0 Å². The van der Waals surface area contributed by atoms with Crippen LogP contribution in [0.4, 0.5) is 0 Å². The second kappa shape index (κ2) is 13.2. The van der Waals surface area contributed by atoms with Gasteiger partial charge in [-0.25, -0.2) is 0 Å². The van der Waals surface area contributed by atoms with Crippen molar-refractivity contribution in [1.82, 2.24) is 4.57 Å². The van der Waals surface area contributed by atoms with Crippen molar-refractivity contribution in [2.24, 2.45) is 0 Å². The third-order valence-electron chi connectivity index (χ3n) is 11.6. The quantitative estimate of drug-likeness (QED) is 0.172. The lowest BCUT2D eigenvalue weighted by molar-refractivity contribution is 0.669. The molecule has 3 nitrogen and oxygen atoms in total. The average Bonchev–Trinajstić information content (AvgIpc) is 3.94. The molecule has 0 unspecified atom stereocenters. The molecule has 0 fully saturated rings. The van der Waals surface area contributed by atoms with E-state index in [-0.39, 0.29) is 110 Å². The van der Waals surface area contributed by atoms with E-state index in [1.54, 1.807) is 0 Å². The van der Waals surface area contributed by atoms with Crippen LogP contribution >= 0.6 is 0 Å². The first-order valence-corrected chi connectivity index (χ1v) is 18.2. The fraction of sp³-hybridized carbons (Fsp3) is 0. The summed E-state index contributed by atoms with van der Waals surface area (Å²) in [5.41, 5.74) is 6.07. The SMILES string of the molecule is [B]c1c([B])c([B])c2c(oc3c([B])c([B])c(-c4c([B])c([B])c5c(c4[B])c4c([B])c([B])c([B])c([B])c4n5-c4cccc(-c5ccc6oc7ccccc7c6c5)c4)c([B])c32)c1[B]. The highest BCUT2D eigenvalue weighted by Gasteiger charge is 2.27. The van der Waals surface area contributed by atoms with Gasteiger partial charge in [0.25, 0.3) is 0 Å². The molecule has 0 amide bonds. The third-order valence-corrected chi connectivity index (χ3v) is 11.6. The standard InChI is InChI=1S/C42H11B14NO2/c43-25-19(20-26(44)23-24-30(48)32(50)34(52)38(56)42(24)59-41(23)37(55)28(20)46)27(45)35(53)39-21(25)22-29(47)31(49)33(51)36(54)40(22)57(39)14-5-3-4-12(10-14)13-8-9-18-16(11-13)15-6-1-2-7-17(15)58-18/h1-11H. The Labute approximate surface area is 358 Å². The minimum absolute atomic E-state index is 0.00423. The maximum atomic E-state index is 7.23. The number of hydrogen-bond donors (Lipinski definition) is 0. The van der Waals surface area contributed by atoms with Crippen LogP contribution in [-0.2, 0) is 0 Å². The minimum atomic E-state index is -0.0145. The molecule has 3 aromatic heterocycles. The third kappa shape index (κ3) is 5.03. The van der Waals surface area contributed by atoms with Gasteiger partial charge in [-0.3, -0.25) is 0 Å². The molecule has 0 saturated carbocycles. The Morgan fingerprint density at radius 1 is 0.339 bits per heavy atom. The number of fused-ring (bicyclic) bond motifs is 9. The van der Waals surface area contributed by atoms with Crippen LogP contribution in [0.5, 0.6) is 0 Å². The second-order valence-corrected chi connectivity index (χ2v) is 14.7. The Morgan fingerprint density at radius 2 is 0.831 bits per heavy atom. The molecule has 28 radical (unpaired) electrons. The van der Waals surface area contributed by atoms with E-state index < -0.39 is 0 Å². The van der Waals surface area contributed by atoms with E-state index in [1.165, 1.54) is 0 Å². The molecule has 0 aliphatic heterocycles. The van der Waals surface area contributed by atoms with Crippen LogP contribution in [0.25, 0.3) is 93.6 Å². The van der Waals surface area contributed by atoms with Crippen molar-refractivity contribution in [2.45, 2.75) is 0 Å². The lowest BCUT2D eigenvalue weighted by atomic mass is 9.61. The molecular weight excluding hydrogens is 702 g/mol. The van der Waals surface area contributed by atoms with Gasteiger partial charge in [0, 0.05) is 43.7 Å². The van der Waals surface area contributed by atoms with Gasteiger partial charge in [-0.1, -0.05) is 91.0 Å². The van der Waals surface area contributed by atoms with Crippen molar-refractivity contribution < 1.29 is 8.83 Å². The topological polar surface area (TPSA) is 31.2 Å². The van der Waals surface area contributed by atoms with Crippen molar-refractivity contribution in [3.05, 3.63) is 66.7 Å². The van der Waals surface area contributed by atoms with Crippen LogP contribution < -0.4 is 76.5 Å². The molecule has 3 heterocycles. The zero-order valence-corrected chi connectivity index (χ0v) is 31.2. The number of para-hydroxylation sites is 1. The highest BCUT2D eigenvalue weighted by Crippen LogP contribution is 2.35. The molecule has 0 spiro atoms. The summed E-state index contributed by atoms with van der Waals surface area (Å²) in [5.74, 6) is 0. The Bertz CT molecular complexity index is 3570. The van der Waals surface area contributed by atoms with Gasteiger partial charge >= 0.3 is 0 Å². The molecule has 10 aromatic rings. The maximum Gasteiger partial charge on any atom is 0.135 e. The van der Waals surface area contributed by atoms with Crippen molar-refractivity contribution >= 4 is 252 Å². The van der Waals surface area contributed by atoms with Crippen LogP contribution in [0.2, 0.25) is 0 Å². The van der Waals surface area contributed by atoms with Crippen LogP contribution in [-0.4, -0.2) is 114 Å². The number of hydrogen-bond acceptors (Lipinski definition) is 2. The van der Waals surface area contributed by atoms with E-state index in [4.69, 9.17) is 119 Å². The summed E-state index contributed by atoms with van der Waals surface area (Å²) in [6.07, 6.45) is 0.